The molecule has 1 fully saturated rings. The fourth-order valence-corrected chi connectivity index (χ4v) is 3.75. The van der Waals surface area contributed by atoms with Gasteiger partial charge in [0.15, 0.2) is 0 Å². The third-order valence-corrected chi connectivity index (χ3v) is 5.22. The van der Waals surface area contributed by atoms with E-state index in [-0.39, 0.29) is 42.1 Å². The zero-order valence-corrected chi connectivity index (χ0v) is 11.8. The Balaban J connectivity index is 2.26. The standard InChI is InChI=1S/C13H15F2NO3S/c1-19-11-4-2-3-5-12(11)20(17,18)16-8-6-10(7-9-16)13(14)15/h2-5H,6-9H2,1H3. The molecular weight excluding hydrogens is 288 g/mol. The van der Waals surface area contributed by atoms with Gasteiger partial charge in [-0.1, -0.05) is 12.1 Å². The maximum absolute atomic E-state index is 12.5. The van der Waals surface area contributed by atoms with Crippen molar-refractivity contribution in [1.82, 2.24) is 4.31 Å². The Kier molecular flexibility index (Phi) is 4.39. The summed E-state index contributed by atoms with van der Waals surface area (Å²) in [5.74, 6) is 0.255. The molecule has 1 aliphatic rings. The molecule has 0 spiro atoms. The van der Waals surface area contributed by atoms with Crippen molar-refractivity contribution in [1.29, 1.82) is 0 Å². The van der Waals surface area contributed by atoms with Gasteiger partial charge in [0.05, 0.1) is 7.11 Å². The van der Waals surface area contributed by atoms with Crippen LogP contribution in [0.1, 0.15) is 12.8 Å². The lowest BCUT2D eigenvalue weighted by atomic mass is 10.1. The van der Waals surface area contributed by atoms with Gasteiger partial charge in [0.1, 0.15) is 10.6 Å². The molecule has 110 valence electrons. The van der Waals surface area contributed by atoms with E-state index in [2.05, 4.69) is 0 Å². The maximum Gasteiger partial charge on any atom is 0.269 e. The highest BCUT2D eigenvalue weighted by Crippen LogP contribution is 2.30. The van der Waals surface area contributed by atoms with Crippen LogP contribution < -0.4 is 4.74 Å². The molecule has 0 N–H and O–H groups in total. The van der Waals surface area contributed by atoms with Crippen LogP contribution in [-0.4, -0.2) is 32.9 Å². The van der Waals surface area contributed by atoms with Crippen LogP contribution in [-0.2, 0) is 10.0 Å². The molecule has 4 nitrogen and oxygen atoms in total. The Morgan fingerprint density at radius 1 is 1.20 bits per heavy atom. The first kappa shape index (κ1) is 14.9. The average Bonchev–Trinajstić information content (AvgIpc) is 2.47. The summed E-state index contributed by atoms with van der Waals surface area (Å²) in [6.45, 7) is 0.125. The van der Waals surface area contributed by atoms with E-state index in [4.69, 9.17) is 4.74 Å². The van der Waals surface area contributed by atoms with Gasteiger partial charge in [-0.3, -0.25) is 0 Å². The predicted molar refractivity (Wildman–Crippen MR) is 70.2 cm³/mol. The van der Waals surface area contributed by atoms with Crippen molar-refractivity contribution in [3.63, 3.8) is 0 Å². The third kappa shape index (κ3) is 2.83. The van der Waals surface area contributed by atoms with Crippen molar-refractivity contribution < 1.29 is 21.9 Å². The normalized spacial score (nSPS) is 17.1. The summed E-state index contributed by atoms with van der Waals surface area (Å²) in [5, 5.41) is 0. The SMILES string of the molecule is COc1ccccc1S(=O)(=O)N1CCC(=C(F)F)CC1. The van der Waals surface area contributed by atoms with Crippen molar-refractivity contribution >= 4 is 10.0 Å². The van der Waals surface area contributed by atoms with Crippen molar-refractivity contribution in [2.75, 3.05) is 20.2 Å². The molecule has 0 saturated carbocycles. The number of sulfonamides is 1. The van der Waals surface area contributed by atoms with Crippen molar-refractivity contribution in [3.05, 3.63) is 35.9 Å². The molecule has 7 heteroatoms. The number of benzene rings is 1. The van der Waals surface area contributed by atoms with Gasteiger partial charge in [0.25, 0.3) is 6.08 Å². The van der Waals surface area contributed by atoms with Crippen LogP contribution in [0.25, 0.3) is 0 Å². The minimum absolute atomic E-state index is 0.0384. The smallest absolute Gasteiger partial charge is 0.269 e. The molecule has 0 radical (unpaired) electrons. The second-order valence-electron chi connectivity index (χ2n) is 4.42. The monoisotopic (exact) mass is 303 g/mol. The molecule has 0 amide bonds. The number of rotatable bonds is 3. The van der Waals surface area contributed by atoms with E-state index in [1.54, 1.807) is 18.2 Å². The highest BCUT2D eigenvalue weighted by molar-refractivity contribution is 7.89. The number of para-hydroxylation sites is 1. The molecule has 0 aromatic heterocycles. The fourth-order valence-electron chi connectivity index (χ4n) is 2.16. The van der Waals surface area contributed by atoms with E-state index in [1.807, 2.05) is 0 Å². The van der Waals surface area contributed by atoms with Crippen molar-refractivity contribution in [3.8, 4) is 5.75 Å². The minimum atomic E-state index is -3.71. The molecule has 1 aliphatic heterocycles. The van der Waals surface area contributed by atoms with Gasteiger partial charge in [-0.2, -0.15) is 13.1 Å². The Hall–Kier alpha value is -1.47. The summed E-state index contributed by atoms with van der Waals surface area (Å²) in [4.78, 5) is 0.0654. The highest BCUT2D eigenvalue weighted by Gasteiger charge is 2.30. The molecule has 0 aliphatic carbocycles. The van der Waals surface area contributed by atoms with E-state index < -0.39 is 16.1 Å². The van der Waals surface area contributed by atoms with E-state index >= 15 is 0 Å². The number of halogens is 2. The fraction of sp³-hybridized carbons (Fsp3) is 0.385. The maximum atomic E-state index is 12.5. The number of ether oxygens (including phenoxy) is 1. The molecule has 1 aromatic carbocycles. The largest absolute Gasteiger partial charge is 0.495 e. The molecule has 1 saturated heterocycles. The number of nitrogens with zero attached hydrogens (tertiary/aromatic N) is 1. The Morgan fingerprint density at radius 3 is 2.35 bits per heavy atom. The summed E-state index contributed by atoms with van der Waals surface area (Å²) in [6, 6.07) is 6.29. The first-order chi connectivity index (χ1) is 9.46. The van der Waals surface area contributed by atoms with Gasteiger partial charge >= 0.3 is 0 Å². The lowest BCUT2D eigenvalue weighted by Gasteiger charge is -2.27. The number of piperidine rings is 1. The second-order valence-corrected chi connectivity index (χ2v) is 6.33. The topological polar surface area (TPSA) is 46.6 Å². The van der Waals surface area contributed by atoms with Gasteiger partial charge in [-0.15, -0.1) is 0 Å². The van der Waals surface area contributed by atoms with Crippen LogP contribution >= 0.6 is 0 Å². The van der Waals surface area contributed by atoms with Gasteiger partial charge in [-0.05, 0) is 30.5 Å². The Bertz CT molecular complexity index is 614. The lowest BCUT2D eigenvalue weighted by molar-refractivity contribution is 0.347. The lowest BCUT2D eigenvalue weighted by Crippen LogP contribution is -2.36. The van der Waals surface area contributed by atoms with Crippen LogP contribution in [0.15, 0.2) is 40.8 Å². The van der Waals surface area contributed by atoms with Crippen LogP contribution in [0.3, 0.4) is 0 Å². The second kappa shape index (κ2) is 5.88. The van der Waals surface area contributed by atoms with Crippen LogP contribution in [0, 0.1) is 0 Å². The summed E-state index contributed by atoms with van der Waals surface area (Å²) in [7, 11) is -2.32. The first-order valence-corrected chi connectivity index (χ1v) is 7.57. The first-order valence-electron chi connectivity index (χ1n) is 6.13. The number of hydrogen-bond donors (Lipinski definition) is 0. The van der Waals surface area contributed by atoms with E-state index in [1.165, 1.54) is 17.5 Å². The molecule has 0 unspecified atom stereocenters. The molecule has 1 aromatic rings. The number of hydrogen-bond acceptors (Lipinski definition) is 3. The van der Waals surface area contributed by atoms with E-state index in [9.17, 15) is 17.2 Å². The Morgan fingerprint density at radius 2 is 1.80 bits per heavy atom. The molecule has 0 bridgehead atoms. The molecular formula is C13H15F2NO3S. The molecule has 0 atom stereocenters. The third-order valence-electron chi connectivity index (χ3n) is 3.28. The van der Waals surface area contributed by atoms with Crippen molar-refractivity contribution in [2.45, 2.75) is 17.7 Å². The molecule has 1 heterocycles. The van der Waals surface area contributed by atoms with Gasteiger partial charge < -0.3 is 4.74 Å². The van der Waals surface area contributed by atoms with Gasteiger partial charge in [-0.25, -0.2) is 8.42 Å². The predicted octanol–water partition coefficient (Wildman–Crippen LogP) is 2.63. The van der Waals surface area contributed by atoms with Gasteiger partial charge in [0, 0.05) is 13.1 Å². The summed E-state index contributed by atoms with van der Waals surface area (Å²) >= 11 is 0. The van der Waals surface area contributed by atoms with Crippen LogP contribution in [0.4, 0.5) is 8.78 Å². The summed E-state index contributed by atoms with van der Waals surface area (Å²) < 4.78 is 56.2. The van der Waals surface area contributed by atoms with E-state index in [0.717, 1.165) is 0 Å². The van der Waals surface area contributed by atoms with Crippen LogP contribution in [0.2, 0.25) is 0 Å². The molecule has 20 heavy (non-hydrogen) atoms. The quantitative estimate of drug-likeness (QED) is 0.862. The number of methoxy groups -OCH3 is 1. The zero-order chi connectivity index (χ0) is 14.8. The Labute approximate surface area is 116 Å². The zero-order valence-electron chi connectivity index (χ0n) is 11.0. The van der Waals surface area contributed by atoms with Crippen molar-refractivity contribution in [2.24, 2.45) is 0 Å². The summed E-state index contributed by atoms with van der Waals surface area (Å²) in [6.07, 6.45) is -1.56. The van der Waals surface area contributed by atoms with Crippen LogP contribution in [0.5, 0.6) is 5.75 Å². The highest BCUT2D eigenvalue weighted by atomic mass is 32.2. The summed E-state index contributed by atoms with van der Waals surface area (Å²) in [5.41, 5.74) is 0.0384. The average molecular weight is 303 g/mol. The van der Waals surface area contributed by atoms with E-state index in [0.29, 0.717) is 0 Å². The molecule has 2 rings (SSSR count). The minimum Gasteiger partial charge on any atom is -0.495 e. The van der Waals surface area contributed by atoms with Gasteiger partial charge in [0.2, 0.25) is 10.0 Å².